The molecule has 38 heavy (non-hydrogen) atoms. The topological polar surface area (TPSA) is 188 Å². The first-order chi connectivity index (χ1) is 18.1. The lowest BCUT2D eigenvalue weighted by molar-refractivity contribution is -0.137. The maximum absolute atomic E-state index is 11.9. The smallest absolute Gasteiger partial charge is 0.303 e. The molecule has 0 heterocycles. The minimum atomic E-state index is -1.13. The summed E-state index contributed by atoms with van der Waals surface area (Å²) in [5.41, 5.74) is 15.0. The third kappa shape index (κ3) is 9.94. The Labute approximate surface area is 220 Å². The summed E-state index contributed by atoms with van der Waals surface area (Å²) in [7, 11) is 0. The van der Waals surface area contributed by atoms with E-state index >= 15 is 0 Å². The molecule has 3 aromatic carbocycles. The summed E-state index contributed by atoms with van der Waals surface area (Å²) in [5, 5.41) is 20.5. The Morgan fingerprint density at radius 1 is 0.842 bits per heavy atom. The number of carbonyl (C=O) groups excluding carboxylic acids is 3. The summed E-state index contributed by atoms with van der Waals surface area (Å²) >= 11 is 0. The number of nitrogens with two attached hydrogens (primary N) is 2. The standard InChI is InChI=1S/C15H19N5O5.C13H12/c16-13(17)8-1-3-9(4-2-8)15(25)19-7-11(21)20-10(14(18)24)5-6-12(22)23;1-11-7-9-13(10-8-11)12-5-3-2-4-6-12/h1-4,10H,5-7H2,(H3,16,17)(H2,18,24)(H,19,25)(H,20,21)(H,22,23);2-10H,1H3. The Bertz CT molecular complexity index is 1260. The molecule has 0 aliphatic carbocycles. The van der Waals surface area contributed by atoms with Gasteiger partial charge < -0.3 is 27.2 Å². The molecule has 0 aliphatic rings. The van der Waals surface area contributed by atoms with Gasteiger partial charge in [-0.05, 0) is 36.6 Å². The number of aryl methyl sites for hydroxylation is 1. The molecule has 1 unspecified atom stereocenters. The lowest BCUT2D eigenvalue weighted by atomic mass is 10.0. The van der Waals surface area contributed by atoms with Gasteiger partial charge in [0.15, 0.2) is 0 Å². The molecule has 3 aromatic rings. The van der Waals surface area contributed by atoms with Crippen molar-refractivity contribution in [3.8, 4) is 11.1 Å². The van der Waals surface area contributed by atoms with Crippen molar-refractivity contribution < 1.29 is 24.3 Å². The predicted octanol–water partition coefficient (Wildman–Crippen LogP) is 2.20. The van der Waals surface area contributed by atoms with E-state index in [0.717, 1.165) is 0 Å². The number of carboxylic acids is 1. The monoisotopic (exact) mass is 517 g/mol. The first-order valence-corrected chi connectivity index (χ1v) is 11.7. The minimum absolute atomic E-state index is 0.134. The first-order valence-electron chi connectivity index (χ1n) is 11.7. The van der Waals surface area contributed by atoms with Crippen LogP contribution in [0.4, 0.5) is 0 Å². The van der Waals surface area contributed by atoms with Crippen molar-refractivity contribution in [1.29, 1.82) is 5.41 Å². The highest BCUT2D eigenvalue weighted by Crippen LogP contribution is 2.18. The van der Waals surface area contributed by atoms with Gasteiger partial charge in [-0.25, -0.2) is 0 Å². The van der Waals surface area contributed by atoms with Gasteiger partial charge >= 0.3 is 5.97 Å². The number of amides is 3. The number of primary amides is 1. The average Bonchev–Trinajstić information content (AvgIpc) is 2.90. The average molecular weight is 518 g/mol. The SMILES string of the molecule is Cc1ccc(-c2ccccc2)cc1.N=C(N)c1ccc(C(=O)NCC(=O)NC(CCC(=O)O)C(N)=O)cc1. The molecule has 0 saturated heterocycles. The van der Waals surface area contributed by atoms with Crippen LogP contribution < -0.4 is 22.1 Å². The maximum atomic E-state index is 11.9. The third-order valence-electron chi connectivity index (χ3n) is 5.35. The number of carbonyl (C=O) groups is 4. The number of carboxylic acid groups (broad SMARTS) is 1. The highest BCUT2D eigenvalue weighted by molar-refractivity contribution is 5.99. The zero-order valence-corrected chi connectivity index (χ0v) is 20.9. The van der Waals surface area contributed by atoms with Crippen LogP contribution in [0, 0.1) is 12.3 Å². The van der Waals surface area contributed by atoms with Gasteiger partial charge in [0.25, 0.3) is 5.91 Å². The van der Waals surface area contributed by atoms with Crippen molar-refractivity contribution in [3.05, 3.63) is 95.6 Å². The van der Waals surface area contributed by atoms with Crippen molar-refractivity contribution in [2.24, 2.45) is 11.5 Å². The largest absolute Gasteiger partial charge is 0.481 e. The lowest BCUT2D eigenvalue weighted by Gasteiger charge is -2.14. The zero-order valence-electron chi connectivity index (χ0n) is 20.9. The number of nitrogens with one attached hydrogen (secondary N) is 3. The van der Waals surface area contributed by atoms with Crippen LogP contribution in [0.25, 0.3) is 11.1 Å². The summed E-state index contributed by atoms with van der Waals surface area (Å²) in [4.78, 5) is 45.4. The highest BCUT2D eigenvalue weighted by atomic mass is 16.4. The van der Waals surface area contributed by atoms with Crippen molar-refractivity contribution in [2.45, 2.75) is 25.8 Å². The molecule has 0 fully saturated rings. The van der Waals surface area contributed by atoms with Crippen molar-refractivity contribution >= 4 is 29.5 Å². The van der Waals surface area contributed by atoms with E-state index in [-0.39, 0.29) is 24.2 Å². The van der Waals surface area contributed by atoms with Gasteiger partial charge in [0, 0.05) is 17.5 Å². The van der Waals surface area contributed by atoms with Gasteiger partial charge in [0.2, 0.25) is 11.8 Å². The van der Waals surface area contributed by atoms with Gasteiger partial charge in [-0.15, -0.1) is 0 Å². The van der Waals surface area contributed by atoms with Gasteiger partial charge in [-0.2, -0.15) is 0 Å². The molecular formula is C28H31N5O5. The number of amidine groups is 1. The van der Waals surface area contributed by atoms with Crippen LogP contribution in [0.5, 0.6) is 0 Å². The van der Waals surface area contributed by atoms with Crippen LogP contribution in [-0.2, 0) is 14.4 Å². The lowest BCUT2D eigenvalue weighted by Crippen LogP contribution is -2.48. The zero-order chi connectivity index (χ0) is 28.1. The quantitative estimate of drug-likeness (QED) is 0.176. The van der Waals surface area contributed by atoms with Gasteiger partial charge in [0.1, 0.15) is 11.9 Å². The normalized spacial score (nSPS) is 10.8. The molecule has 0 saturated carbocycles. The van der Waals surface area contributed by atoms with Gasteiger partial charge in [0.05, 0.1) is 6.54 Å². The van der Waals surface area contributed by atoms with E-state index in [1.165, 1.54) is 41.0 Å². The van der Waals surface area contributed by atoms with E-state index in [9.17, 15) is 19.2 Å². The van der Waals surface area contributed by atoms with Crippen molar-refractivity contribution in [1.82, 2.24) is 10.6 Å². The van der Waals surface area contributed by atoms with E-state index in [1.54, 1.807) is 0 Å². The van der Waals surface area contributed by atoms with Crippen molar-refractivity contribution in [3.63, 3.8) is 0 Å². The molecule has 198 valence electrons. The predicted molar refractivity (Wildman–Crippen MR) is 144 cm³/mol. The molecule has 0 aliphatic heterocycles. The fourth-order valence-electron chi connectivity index (χ4n) is 3.24. The summed E-state index contributed by atoms with van der Waals surface area (Å²) in [5.74, 6) is -3.33. The Balaban J connectivity index is 0.000000323. The molecule has 0 spiro atoms. The molecule has 0 radical (unpaired) electrons. The second-order valence-electron chi connectivity index (χ2n) is 8.36. The number of hydrogen-bond acceptors (Lipinski definition) is 5. The number of hydrogen-bond donors (Lipinski definition) is 6. The Morgan fingerprint density at radius 3 is 1.92 bits per heavy atom. The second kappa shape index (κ2) is 14.5. The van der Waals surface area contributed by atoms with Crippen LogP contribution in [0.15, 0.2) is 78.9 Å². The Morgan fingerprint density at radius 2 is 1.39 bits per heavy atom. The number of rotatable bonds is 10. The number of benzene rings is 3. The van der Waals surface area contributed by atoms with Crippen LogP contribution in [0.2, 0.25) is 0 Å². The summed E-state index contributed by atoms with van der Waals surface area (Å²) < 4.78 is 0. The van der Waals surface area contributed by atoms with Crippen LogP contribution in [0.1, 0.15) is 34.3 Å². The van der Waals surface area contributed by atoms with Crippen molar-refractivity contribution in [2.75, 3.05) is 6.54 Å². The Hall–Kier alpha value is -4.99. The molecule has 3 amide bonds. The van der Waals surface area contributed by atoms with Crippen LogP contribution >= 0.6 is 0 Å². The highest BCUT2D eigenvalue weighted by Gasteiger charge is 2.19. The molecule has 0 aromatic heterocycles. The van der Waals surface area contributed by atoms with E-state index in [0.29, 0.717) is 5.56 Å². The molecular weight excluding hydrogens is 486 g/mol. The van der Waals surface area contributed by atoms with E-state index in [1.807, 2.05) is 6.07 Å². The van der Waals surface area contributed by atoms with Crippen LogP contribution in [-0.4, -0.2) is 47.2 Å². The molecule has 10 nitrogen and oxygen atoms in total. The Kier molecular flexibility index (Phi) is 11.2. The van der Waals surface area contributed by atoms with Crippen LogP contribution in [0.3, 0.4) is 0 Å². The van der Waals surface area contributed by atoms with Gasteiger partial charge in [-0.1, -0.05) is 72.3 Å². The second-order valence-corrected chi connectivity index (χ2v) is 8.36. The minimum Gasteiger partial charge on any atom is -0.481 e. The molecule has 8 N–H and O–H groups in total. The van der Waals surface area contributed by atoms with E-state index in [2.05, 4.69) is 66.1 Å². The molecule has 10 heteroatoms. The summed E-state index contributed by atoms with van der Waals surface area (Å²) in [6.45, 7) is 1.69. The molecule has 1 atom stereocenters. The van der Waals surface area contributed by atoms with E-state index in [4.69, 9.17) is 22.0 Å². The fraction of sp³-hybridized carbons (Fsp3) is 0.179. The summed E-state index contributed by atoms with van der Waals surface area (Å²) in [6.07, 6.45) is -0.473. The fourth-order valence-corrected chi connectivity index (χ4v) is 3.24. The summed E-state index contributed by atoms with van der Waals surface area (Å²) in [6, 6.07) is 23.8. The number of nitrogen functional groups attached to an aromatic ring is 1. The van der Waals surface area contributed by atoms with E-state index < -0.39 is 36.3 Å². The maximum Gasteiger partial charge on any atom is 0.303 e. The number of aliphatic carboxylic acids is 1. The molecule has 3 rings (SSSR count). The molecule has 0 bridgehead atoms. The third-order valence-corrected chi connectivity index (χ3v) is 5.35. The first kappa shape index (κ1) is 29.2. The van der Waals surface area contributed by atoms with Gasteiger partial charge in [-0.3, -0.25) is 24.6 Å².